The second-order valence-electron chi connectivity index (χ2n) is 2.35. The van der Waals surface area contributed by atoms with Crippen molar-refractivity contribution in [3.05, 3.63) is 22.7 Å². The Balaban J connectivity index is 3.16. The van der Waals surface area contributed by atoms with Crippen molar-refractivity contribution in [1.82, 2.24) is 20.8 Å². The predicted molar refractivity (Wildman–Crippen MR) is 50.3 cm³/mol. The number of hydrogen-bond acceptors (Lipinski definition) is 6. The summed E-state index contributed by atoms with van der Waals surface area (Å²) in [4.78, 5) is 29.3. The van der Waals surface area contributed by atoms with E-state index in [-0.39, 0.29) is 16.7 Å². The summed E-state index contributed by atoms with van der Waals surface area (Å²) in [5, 5.41) is -0.0674. The normalized spacial score (nSPS) is 9.53. The fourth-order valence-corrected chi connectivity index (χ4v) is 0.957. The van der Waals surface area contributed by atoms with E-state index in [1.807, 2.05) is 10.9 Å². The summed E-state index contributed by atoms with van der Waals surface area (Å²) >= 11 is 5.56. The van der Waals surface area contributed by atoms with Gasteiger partial charge in [-0.15, -0.1) is 0 Å². The number of aromatic nitrogens is 2. The van der Waals surface area contributed by atoms with Crippen LogP contribution in [0.3, 0.4) is 0 Å². The number of nitrogens with zero attached hydrogens (tertiary/aromatic N) is 2. The number of nitrogens with two attached hydrogens (primary N) is 2. The van der Waals surface area contributed by atoms with Gasteiger partial charge in [0.25, 0.3) is 5.91 Å². The molecule has 0 fully saturated rings. The number of carbonyl (C=O) groups is 2. The van der Waals surface area contributed by atoms with Crippen molar-refractivity contribution in [1.29, 1.82) is 0 Å². The van der Waals surface area contributed by atoms with Crippen molar-refractivity contribution in [2.75, 3.05) is 0 Å². The summed E-state index contributed by atoms with van der Waals surface area (Å²) in [6.07, 6.45) is 0. The number of rotatable bonds is 2. The molecule has 0 aliphatic heterocycles. The van der Waals surface area contributed by atoms with Crippen molar-refractivity contribution >= 4 is 23.4 Å². The van der Waals surface area contributed by atoms with Gasteiger partial charge < -0.3 is 0 Å². The topological polar surface area (TPSA) is 136 Å². The van der Waals surface area contributed by atoms with Gasteiger partial charge >= 0.3 is 5.91 Å². The predicted octanol–water partition coefficient (Wildman–Crippen LogP) is -1.66. The molecule has 0 radical (unpaired) electrons. The van der Waals surface area contributed by atoms with Crippen molar-refractivity contribution in [3.63, 3.8) is 0 Å². The SMILES string of the molecule is NNC(=O)c1cc(Cl)nc(C(=O)NN)n1. The number of hydrazine groups is 2. The number of hydrogen-bond donors (Lipinski definition) is 4. The third-order valence-electron chi connectivity index (χ3n) is 1.39. The maximum absolute atomic E-state index is 11.1. The number of amides is 2. The highest BCUT2D eigenvalue weighted by atomic mass is 35.5. The van der Waals surface area contributed by atoms with Gasteiger partial charge in [0.05, 0.1) is 0 Å². The molecule has 0 saturated heterocycles. The van der Waals surface area contributed by atoms with Crippen LogP contribution in [0.1, 0.15) is 21.1 Å². The molecular weight excluding hydrogens is 224 g/mol. The zero-order chi connectivity index (χ0) is 11.4. The summed E-state index contributed by atoms with van der Waals surface area (Å²) in [5.74, 6) is 7.98. The Labute approximate surface area is 88.9 Å². The molecule has 1 aromatic rings. The van der Waals surface area contributed by atoms with Gasteiger partial charge in [0.15, 0.2) is 0 Å². The fourth-order valence-electron chi connectivity index (χ4n) is 0.774. The van der Waals surface area contributed by atoms with Gasteiger partial charge in [-0.3, -0.25) is 20.4 Å². The molecule has 80 valence electrons. The van der Waals surface area contributed by atoms with E-state index >= 15 is 0 Å². The van der Waals surface area contributed by atoms with Crippen LogP contribution in [0.5, 0.6) is 0 Å². The molecule has 0 aliphatic rings. The molecule has 1 aromatic heterocycles. The van der Waals surface area contributed by atoms with Crippen molar-refractivity contribution in [2.24, 2.45) is 11.7 Å². The van der Waals surface area contributed by atoms with Crippen molar-refractivity contribution in [3.8, 4) is 0 Å². The fraction of sp³-hybridized carbons (Fsp3) is 0. The Kier molecular flexibility index (Phi) is 3.50. The minimum absolute atomic E-state index is 0.0674. The molecule has 0 spiro atoms. The van der Waals surface area contributed by atoms with Gasteiger partial charge in [-0.25, -0.2) is 21.7 Å². The van der Waals surface area contributed by atoms with Gasteiger partial charge in [-0.1, -0.05) is 11.6 Å². The van der Waals surface area contributed by atoms with Crippen LogP contribution in [0.15, 0.2) is 6.07 Å². The lowest BCUT2D eigenvalue weighted by Crippen LogP contribution is -2.34. The minimum atomic E-state index is -0.761. The Morgan fingerprint density at radius 1 is 1.20 bits per heavy atom. The molecule has 0 unspecified atom stereocenters. The molecule has 0 aliphatic carbocycles. The highest BCUT2D eigenvalue weighted by Gasteiger charge is 2.14. The molecule has 0 aromatic carbocycles. The molecule has 0 saturated carbocycles. The monoisotopic (exact) mass is 230 g/mol. The molecule has 6 N–H and O–H groups in total. The van der Waals surface area contributed by atoms with Crippen LogP contribution in [0.2, 0.25) is 5.15 Å². The van der Waals surface area contributed by atoms with Crippen molar-refractivity contribution in [2.45, 2.75) is 0 Å². The van der Waals surface area contributed by atoms with Gasteiger partial charge in [0, 0.05) is 6.07 Å². The number of nitrogen functional groups attached to an aromatic ring is 2. The Morgan fingerprint density at radius 2 is 1.80 bits per heavy atom. The summed E-state index contributed by atoms with van der Waals surface area (Å²) in [6, 6.07) is 1.16. The first-order valence-electron chi connectivity index (χ1n) is 3.65. The average molecular weight is 231 g/mol. The van der Waals surface area contributed by atoms with Gasteiger partial charge in [0.2, 0.25) is 5.82 Å². The zero-order valence-corrected chi connectivity index (χ0v) is 8.08. The third-order valence-corrected chi connectivity index (χ3v) is 1.59. The Morgan fingerprint density at radius 3 is 2.33 bits per heavy atom. The number of halogens is 1. The standard InChI is InChI=1S/C6H7ClN6O2/c7-3-1-2(5(14)12-8)10-4(11-3)6(15)13-9/h1H,8-9H2,(H,12,14)(H,13,15). The first kappa shape index (κ1) is 11.3. The zero-order valence-electron chi connectivity index (χ0n) is 7.32. The average Bonchev–Trinajstić information content (AvgIpc) is 2.26. The molecule has 1 rings (SSSR count). The highest BCUT2D eigenvalue weighted by Crippen LogP contribution is 2.07. The van der Waals surface area contributed by atoms with Gasteiger partial charge in [0.1, 0.15) is 10.8 Å². The summed E-state index contributed by atoms with van der Waals surface area (Å²) in [7, 11) is 0. The Bertz CT molecular complexity index is 374. The quantitative estimate of drug-likeness (QED) is 0.208. The van der Waals surface area contributed by atoms with E-state index in [1.54, 1.807) is 0 Å². The molecule has 0 bridgehead atoms. The van der Waals surface area contributed by atoms with Crippen molar-refractivity contribution < 1.29 is 9.59 Å². The number of nitrogens with one attached hydrogen (secondary N) is 2. The van der Waals surface area contributed by atoms with E-state index in [1.165, 1.54) is 0 Å². The van der Waals surface area contributed by atoms with Crippen LogP contribution in [-0.4, -0.2) is 21.8 Å². The lowest BCUT2D eigenvalue weighted by atomic mass is 10.4. The van der Waals surface area contributed by atoms with Crippen LogP contribution in [0.4, 0.5) is 0 Å². The van der Waals surface area contributed by atoms with E-state index in [4.69, 9.17) is 23.3 Å². The van der Waals surface area contributed by atoms with Crippen LogP contribution in [0, 0.1) is 0 Å². The molecular formula is C6H7ClN6O2. The van der Waals surface area contributed by atoms with Gasteiger partial charge in [-0.2, -0.15) is 0 Å². The van der Waals surface area contributed by atoms with E-state index in [2.05, 4.69) is 9.97 Å². The summed E-state index contributed by atoms with van der Waals surface area (Å²) in [5.41, 5.74) is 3.52. The largest absolute Gasteiger partial charge is 0.303 e. The maximum atomic E-state index is 11.1. The van der Waals surface area contributed by atoms with E-state index in [0.29, 0.717) is 0 Å². The van der Waals surface area contributed by atoms with E-state index in [0.717, 1.165) is 6.07 Å². The maximum Gasteiger partial charge on any atom is 0.303 e. The minimum Gasteiger partial charge on any atom is -0.289 e. The first-order chi connectivity index (χ1) is 7.08. The highest BCUT2D eigenvalue weighted by molar-refractivity contribution is 6.29. The molecule has 1 heterocycles. The van der Waals surface area contributed by atoms with Crippen LogP contribution >= 0.6 is 11.6 Å². The second-order valence-corrected chi connectivity index (χ2v) is 2.73. The number of carbonyl (C=O) groups excluding carboxylic acids is 2. The van der Waals surface area contributed by atoms with Crippen LogP contribution in [-0.2, 0) is 0 Å². The first-order valence-corrected chi connectivity index (χ1v) is 4.02. The van der Waals surface area contributed by atoms with Crippen LogP contribution in [0.25, 0.3) is 0 Å². The molecule has 15 heavy (non-hydrogen) atoms. The second kappa shape index (κ2) is 4.64. The summed E-state index contributed by atoms with van der Waals surface area (Å²) < 4.78 is 0. The lowest BCUT2D eigenvalue weighted by Gasteiger charge is -2.02. The molecule has 9 heteroatoms. The third kappa shape index (κ3) is 2.59. The van der Waals surface area contributed by atoms with Crippen LogP contribution < -0.4 is 22.5 Å². The van der Waals surface area contributed by atoms with E-state index in [9.17, 15) is 9.59 Å². The molecule has 8 nitrogen and oxygen atoms in total. The lowest BCUT2D eigenvalue weighted by molar-refractivity contribution is 0.0939. The van der Waals surface area contributed by atoms with Gasteiger partial charge in [-0.05, 0) is 0 Å². The summed E-state index contributed by atoms with van der Waals surface area (Å²) in [6.45, 7) is 0. The van der Waals surface area contributed by atoms with E-state index < -0.39 is 11.8 Å². The Hall–Kier alpha value is -1.77. The smallest absolute Gasteiger partial charge is 0.289 e. The molecule has 0 atom stereocenters. The molecule has 2 amide bonds.